The average molecular weight is 249 g/mol. The lowest BCUT2D eigenvalue weighted by molar-refractivity contribution is -0.158. The van der Waals surface area contributed by atoms with Crippen molar-refractivity contribution in [3.63, 3.8) is 0 Å². The van der Waals surface area contributed by atoms with Crippen molar-refractivity contribution in [3.05, 3.63) is 41.7 Å². The van der Waals surface area contributed by atoms with Gasteiger partial charge in [-0.15, -0.1) is 0 Å². The summed E-state index contributed by atoms with van der Waals surface area (Å²) in [4.78, 5) is 22.9. The Morgan fingerprint density at radius 3 is 2.83 bits per heavy atom. The topological polar surface area (TPSA) is 75.6 Å². The van der Waals surface area contributed by atoms with Crippen LogP contribution in [0.2, 0.25) is 0 Å². The van der Waals surface area contributed by atoms with Crippen molar-refractivity contribution >= 4 is 17.6 Å². The van der Waals surface area contributed by atoms with Crippen molar-refractivity contribution < 1.29 is 23.8 Å². The highest BCUT2D eigenvalue weighted by atomic mass is 19.1. The lowest BCUT2D eigenvalue weighted by Crippen LogP contribution is -2.45. The summed E-state index contributed by atoms with van der Waals surface area (Å²) in [5, 5.41) is 12.9. The Balaban J connectivity index is 2.12. The molecule has 0 fully saturated rings. The number of rotatable bonds is 1. The van der Waals surface area contributed by atoms with E-state index in [4.69, 9.17) is 4.74 Å². The molecule has 5 nitrogen and oxygen atoms in total. The minimum Gasteiger partial charge on any atom is -0.451 e. The Labute approximate surface area is 101 Å². The van der Waals surface area contributed by atoms with Crippen LogP contribution in [-0.2, 0) is 19.9 Å². The van der Waals surface area contributed by atoms with Crippen LogP contribution in [0.15, 0.2) is 30.4 Å². The highest BCUT2D eigenvalue weighted by Crippen LogP contribution is 2.41. The highest BCUT2D eigenvalue weighted by molar-refractivity contribution is 6.06. The van der Waals surface area contributed by atoms with Gasteiger partial charge in [0, 0.05) is 17.3 Å². The first-order valence-corrected chi connectivity index (χ1v) is 5.24. The summed E-state index contributed by atoms with van der Waals surface area (Å²) < 4.78 is 18.1. The van der Waals surface area contributed by atoms with E-state index in [1.165, 1.54) is 18.2 Å². The second-order valence-electron chi connectivity index (χ2n) is 4.13. The van der Waals surface area contributed by atoms with Crippen LogP contribution in [-0.4, -0.2) is 23.1 Å². The zero-order chi connectivity index (χ0) is 12.9. The monoisotopic (exact) mass is 249 g/mol. The van der Waals surface area contributed by atoms with Crippen molar-refractivity contribution in [3.8, 4) is 0 Å². The Morgan fingerprint density at radius 1 is 1.39 bits per heavy atom. The second-order valence-corrected chi connectivity index (χ2v) is 4.13. The van der Waals surface area contributed by atoms with Gasteiger partial charge in [-0.2, -0.15) is 0 Å². The maximum atomic E-state index is 13.2. The second kappa shape index (κ2) is 3.39. The van der Waals surface area contributed by atoms with Crippen LogP contribution in [0, 0.1) is 5.82 Å². The van der Waals surface area contributed by atoms with Gasteiger partial charge in [-0.1, -0.05) is 0 Å². The summed E-state index contributed by atoms with van der Waals surface area (Å²) in [6, 6.07) is 3.57. The first-order valence-electron chi connectivity index (χ1n) is 5.24. The molecule has 1 aromatic rings. The van der Waals surface area contributed by atoms with E-state index in [0.717, 1.165) is 12.1 Å². The van der Waals surface area contributed by atoms with E-state index in [1.54, 1.807) is 0 Å². The maximum absolute atomic E-state index is 13.2. The molecule has 1 amide bonds. The molecule has 92 valence electrons. The minimum atomic E-state index is -2.08. The van der Waals surface area contributed by atoms with E-state index < -0.39 is 29.4 Å². The predicted molar refractivity (Wildman–Crippen MR) is 57.9 cm³/mol. The lowest BCUT2D eigenvalue weighted by atomic mass is 9.89. The molecule has 0 bridgehead atoms. The smallest absolute Gasteiger partial charge is 0.331 e. The van der Waals surface area contributed by atoms with E-state index in [1.807, 2.05) is 0 Å². The molecule has 18 heavy (non-hydrogen) atoms. The Kier molecular flexibility index (Phi) is 2.06. The van der Waals surface area contributed by atoms with Crippen molar-refractivity contribution in [2.24, 2.45) is 0 Å². The number of fused-ring (bicyclic) bond motifs is 1. The van der Waals surface area contributed by atoms with Gasteiger partial charge in [0.2, 0.25) is 5.60 Å². The van der Waals surface area contributed by atoms with E-state index in [9.17, 15) is 19.1 Å². The van der Waals surface area contributed by atoms with Crippen LogP contribution in [0.3, 0.4) is 0 Å². The third-order valence-corrected chi connectivity index (χ3v) is 3.05. The van der Waals surface area contributed by atoms with Gasteiger partial charge >= 0.3 is 5.97 Å². The van der Waals surface area contributed by atoms with Gasteiger partial charge < -0.3 is 15.2 Å². The van der Waals surface area contributed by atoms with Crippen LogP contribution in [0.5, 0.6) is 0 Å². The molecule has 1 aromatic carbocycles. The van der Waals surface area contributed by atoms with Crippen molar-refractivity contribution in [2.75, 3.05) is 5.32 Å². The summed E-state index contributed by atoms with van der Waals surface area (Å²) in [7, 11) is 0. The number of carbonyl (C=O) groups excluding carboxylic acids is 2. The van der Waals surface area contributed by atoms with Crippen molar-refractivity contribution in [1.82, 2.24) is 0 Å². The number of ether oxygens (including phenoxy) is 1. The molecule has 2 heterocycles. The highest BCUT2D eigenvalue weighted by Gasteiger charge is 2.53. The zero-order valence-corrected chi connectivity index (χ0v) is 9.01. The first-order chi connectivity index (χ1) is 8.51. The molecular weight excluding hydrogens is 241 g/mol. The Hall–Kier alpha value is -2.21. The number of aliphatic hydroxyl groups is 1. The van der Waals surface area contributed by atoms with Gasteiger partial charge in [-0.05, 0) is 24.3 Å². The molecule has 2 aliphatic rings. The van der Waals surface area contributed by atoms with Gasteiger partial charge in [-0.25, -0.2) is 9.18 Å². The Bertz CT molecular complexity index is 598. The molecular formula is C12H8FNO4. The molecule has 0 saturated carbocycles. The summed E-state index contributed by atoms with van der Waals surface area (Å²) in [5.74, 6) is -1.98. The molecule has 0 aromatic heterocycles. The summed E-state index contributed by atoms with van der Waals surface area (Å²) in [5.41, 5.74) is -1.71. The molecule has 0 saturated heterocycles. The van der Waals surface area contributed by atoms with E-state index in [2.05, 4.69) is 5.32 Å². The number of halogens is 1. The molecule has 0 radical (unpaired) electrons. The molecule has 2 N–H and O–H groups in total. The molecule has 0 spiro atoms. The maximum Gasteiger partial charge on any atom is 0.331 e. The van der Waals surface area contributed by atoms with Gasteiger partial charge in [0.1, 0.15) is 5.82 Å². The van der Waals surface area contributed by atoms with E-state index in [-0.39, 0.29) is 5.56 Å². The number of amides is 1. The summed E-state index contributed by atoms with van der Waals surface area (Å²) >= 11 is 0. The third-order valence-electron chi connectivity index (χ3n) is 3.05. The zero-order valence-electron chi connectivity index (χ0n) is 9.01. The fraction of sp³-hybridized carbons (Fsp3) is 0.167. The van der Waals surface area contributed by atoms with Crippen molar-refractivity contribution in [2.45, 2.75) is 11.7 Å². The normalized spacial score (nSPS) is 29.1. The van der Waals surface area contributed by atoms with Gasteiger partial charge in [-0.3, -0.25) is 4.79 Å². The van der Waals surface area contributed by atoms with Crippen LogP contribution in [0.4, 0.5) is 10.1 Å². The largest absolute Gasteiger partial charge is 0.451 e. The number of anilines is 1. The van der Waals surface area contributed by atoms with Crippen molar-refractivity contribution in [1.29, 1.82) is 0 Å². The quantitative estimate of drug-likeness (QED) is 0.708. The molecule has 0 aliphatic carbocycles. The molecule has 3 rings (SSSR count). The fourth-order valence-electron chi connectivity index (χ4n) is 2.16. The third kappa shape index (κ3) is 1.29. The summed E-state index contributed by atoms with van der Waals surface area (Å²) in [6.45, 7) is 0. The molecule has 2 atom stereocenters. The van der Waals surface area contributed by atoms with Crippen LogP contribution < -0.4 is 5.32 Å². The van der Waals surface area contributed by atoms with E-state index in [0.29, 0.717) is 5.69 Å². The SMILES string of the molecule is O=C1C=CC(C2(O)C(=O)Nc3ccc(F)cc32)O1. The van der Waals surface area contributed by atoms with E-state index >= 15 is 0 Å². The summed E-state index contributed by atoms with van der Waals surface area (Å²) in [6.07, 6.45) is 1.25. The first kappa shape index (κ1) is 10.9. The predicted octanol–water partition coefficient (Wildman–Crippen LogP) is 0.447. The van der Waals surface area contributed by atoms with Gasteiger partial charge in [0.25, 0.3) is 5.91 Å². The molecule has 2 aliphatic heterocycles. The lowest BCUT2D eigenvalue weighted by Gasteiger charge is -2.25. The minimum absolute atomic E-state index is 0.0665. The van der Waals surface area contributed by atoms with Gasteiger partial charge in [0.05, 0.1) is 0 Å². The molecule has 2 unspecified atom stereocenters. The fourth-order valence-corrected chi connectivity index (χ4v) is 2.16. The number of cyclic esters (lactones) is 1. The Morgan fingerprint density at radius 2 is 2.17 bits per heavy atom. The molecule has 6 heteroatoms. The number of hydrogen-bond donors (Lipinski definition) is 2. The number of hydrogen-bond acceptors (Lipinski definition) is 4. The number of carbonyl (C=O) groups is 2. The average Bonchev–Trinajstić information content (AvgIpc) is 2.86. The standard InChI is InChI=1S/C12H8FNO4/c13-6-1-2-8-7(5-6)12(17,11(16)14-8)9-3-4-10(15)18-9/h1-5,9,17H,(H,14,16). The number of benzene rings is 1. The van der Waals surface area contributed by atoms with Gasteiger partial charge in [0.15, 0.2) is 6.10 Å². The number of esters is 1. The van der Waals surface area contributed by atoms with Crippen LogP contribution in [0.1, 0.15) is 5.56 Å². The van der Waals surface area contributed by atoms with Crippen LogP contribution in [0.25, 0.3) is 0 Å². The van der Waals surface area contributed by atoms with Crippen LogP contribution >= 0.6 is 0 Å². The number of nitrogens with one attached hydrogen (secondary N) is 1.